The molecule has 0 bridgehead atoms. The number of hydrogen-bond acceptors (Lipinski definition) is 4. The first kappa shape index (κ1) is 17.3. The summed E-state index contributed by atoms with van der Waals surface area (Å²) in [7, 11) is 1.49. The number of nitrogens with one attached hydrogen (secondary N) is 1. The number of carbonyl (C=O) groups excluding carboxylic acids is 1. The van der Waals surface area contributed by atoms with E-state index in [0.717, 1.165) is 0 Å². The first-order valence-electron chi connectivity index (χ1n) is 7.15. The number of nitrogens with zero attached hydrogens (tertiary/aromatic N) is 3. The van der Waals surface area contributed by atoms with Gasteiger partial charge in [0.15, 0.2) is 0 Å². The fourth-order valence-corrected chi connectivity index (χ4v) is 2.42. The van der Waals surface area contributed by atoms with Gasteiger partial charge < -0.3 is 15.0 Å². The van der Waals surface area contributed by atoms with Crippen LogP contribution in [0.15, 0.2) is 18.3 Å². The second kappa shape index (κ2) is 7.03. The molecule has 128 valence electrons. The van der Waals surface area contributed by atoms with Gasteiger partial charge in [-0.05, 0) is 13.0 Å². The third kappa shape index (κ3) is 4.98. The maximum Gasteiger partial charge on any atom is 0.401 e. The molecule has 1 fully saturated rings. The highest BCUT2D eigenvalue weighted by atomic mass is 19.4. The van der Waals surface area contributed by atoms with Crippen LogP contribution in [0.4, 0.5) is 23.7 Å². The van der Waals surface area contributed by atoms with Gasteiger partial charge in [0, 0.05) is 31.7 Å². The van der Waals surface area contributed by atoms with Crippen molar-refractivity contribution in [3.8, 4) is 5.88 Å². The Morgan fingerprint density at radius 2 is 2.17 bits per heavy atom. The SMILES string of the molecule is COc1ccc(NC(=O)N2CCN(CC(F)(F)F)C(C)C2)cn1. The highest BCUT2D eigenvalue weighted by Crippen LogP contribution is 2.20. The zero-order chi connectivity index (χ0) is 17.0. The van der Waals surface area contributed by atoms with Crippen molar-refractivity contribution in [3.05, 3.63) is 18.3 Å². The summed E-state index contributed by atoms with van der Waals surface area (Å²) >= 11 is 0. The Morgan fingerprint density at radius 1 is 1.43 bits per heavy atom. The second-order valence-electron chi connectivity index (χ2n) is 5.40. The van der Waals surface area contributed by atoms with Crippen molar-refractivity contribution in [2.24, 2.45) is 0 Å². The molecule has 1 aromatic heterocycles. The van der Waals surface area contributed by atoms with Crippen LogP contribution >= 0.6 is 0 Å². The molecular weight excluding hydrogens is 313 g/mol. The molecule has 2 amide bonds. The minimum absolute atomic E-state index is 0.189. The van der Waals surface area contributed by atoms with Gasteiger partial charge in [0.1, 0.15) is 0 Å². The van der Waals surface area contributed by atoms with Gasteiger partial charge in [-0.3, -0.25) is 4.90 Å². The van der Waals surface area contributed by atoms with Gasteiger partial charge in [-0.25, -0.2) is 9.78 Å². The summed E-state index contributed by atoms with van der Waals surface area (Å²) < 4.78 is 42.3. The van der Waals surface area contributed by atoms with E-state index < -0.39 is 12.7 Å². The Hall–Kier alpha value is -2.03. The lowest BCUT2D eigenvalue weighted by atomic mass is 10.2. The standard InChI is InChI=1S/C14H19F3N4O2/c1-10-8-20(5-6-21(10)9-14(15,16)17)13(22)19-11-3-4-12(23-2)18-7-11/h3-4,7,10H,5-6,8-9H2,1-2H3,(H,19,22). The lowest BCUT2D eigenvalue weighted by molar-refractivity contribution is -0.153. The van der Waals surface area contributed by atoms with E-state index in [4.69, 9.17) is 4.74 Å². The quantitative estimate of drug-likeness (QED) is 0.922. The summed E-state index contributed by atoms with van der Waals surface area (Å²) in [6.07, 6.45) is -2.77. The number of anilines is 1. The number of pyridine rings is 1. The molecule has 1 atom stereocenters. The predicted molar refractivity (Wildman–Crippen MR) is 78.5 cm³/mol. The van der Waals surface area contributed by atoms with E-state index in [9.17, 15) is 18.0 Å². The zero-order valence-corrected chi connectivity index (χ0v) is 12.9. The summed E-state index contributed by atoms with van der Waals surface area (Å²) in [6.45, 7) is 1.41. The zero-order valence-electron chi connectivity index (χ0n) is 12.9. The van der Waals surface area contributed by atoms with Crippen molar-refractivity contribution in [2.45, 2.75) is 19.1 Å². The number of rotatable bonds is 3. The number of piperazine rings is 1. The van der Waals surface area contributed by atoms with E-state index in [1.807, 2.05) is 0 Å². The molecule has 0 saturated carbocycles. The monoisotopic (exact) mass is 332 g/mol. The van der Waals surface area contributed by atoms with Crippen LogP contribution < -0.4 is 10.1 Å². The number of hydrogen-bond donors (Lipinski definition) is 1. The number of amides is 2. The van der Waals surface area contributed by atoms with Gasteiger partial charge in [0.2, 0.25) is 5.88 Å². The number of methoxy groups -OCH3 is 1. The Bertz CT molecular complexity index is 536. The fourth-order valence-electron chi connectivity index (χ4n) is 2.42. The minimum Gasteiger partial charge on any atom is -0.481 e. The molecule has 23 heavy (non-hydrogen) atoms. The van der Waals surface area contributed by atoms with Crippen LogP contribution in [0.3, 0.4) is 0 Å². The van der Waals surface area contributed by atoms with Crippen molar-refractivity contribution < 1.29 is 22.7 Å². The topological polar surface area (TPSA) is 57.7 Å². The second-order valence-corrected chi connectivity index (χ2v) is 5.40. The number of carbonyl (C=O) groups is 1. The Kier molecular flexibility index (Phi) is 5.30. The van der Waals surface area contributed by atoms with Crippen molar-refractivity contribution in [3.63, 3.8) is 0 Å². The first-order chi connectivity index (χ1) is 10.8. The largest absolute Gasteiger partial charge is 0.481 e. The lowest BCUT2D eigenvalue weighted by Gasteiger charge is -2.39. The van der Waals surface area contributed by atoms with E-state index >= 15 is 0 Å². The molecule has 1 aromatic rings. The minimum atomic E-state index is -4.23. The van der Waals surface area contributed by atoms with Gasteiger partial charge in [-0.15, -0.1) is 0 Å². The van der Waals surface area contributed by atoms with Gasteiger partial charge in [0.25, 0.3) is 0 Å². The van der Waals surface area contributed by atoms with Gasteiger partial charge in [0.05, 0.1) is 25.5 Å². The molecule has 1 unspecified atom stereocenters. The molecule has 1 aliphatic rings. The molecule has 2 rings (SSSR count). The molecule has 0 aliphatic carbocycles. The van der Waals surface area contributed by atoms with Crippen LogP contribution in [0, 0.1) is 0 Å². The first-order valence-corrected chi connectivity index (χ1v) is 7.15. The van der Waals surface area contributed by atoms with Crippen LogP contribution in [0.1, 0.15) is 6.92 Å². The summed E-state index contributed by atoms with van der Waals surface area (Å²) in [4.78, 5) is 19.0. The molecule has 1 saturated heterocycles. The van der Waals surface area contributed by atoms with Crippen LogP contribution in [-0.4, -0.2) is 66.3 Å². The normalized spacial score (nSPS) is 19.5. The molecule has 6 nitrogen and oxygen atoms in total. The Morgan fingerprint density at radius 3 is 2.70 bits per heavy atom. The smallest absolute Gasteiger partial charge is 0.401 e. The third-order valence-electron chi connectivity index (χ3n) is 3.63. The van der Waals surface area contributed by atoms with Gasteiger partial charge >= 0.3 is 12.2 Å². The van der Waals surface area contributed by atoms with E-state index in [1.54, 1.807) is 19.1 Å². The van der Waals surface area contributed by atoms with Crippen LogP contribution in [0.2, 0.25) is 0 Å². The van der Waals surface area contributed by atoms with Crippen LogP contribution in [0.25, 0.3) is 0 Å². The van der Waals surface area contributed by atoms with Crippen molar-refractivity contribution >= 4 is 11.7 Å². The number of halogens is 3. The summed E-state index contributed by atoms with van der Waals surface area (Å²) in [5.74, 6) is 0.428. The van der Waals surface area contributed by atoms with Crippen molar-refractivity contribution in [2.75, 3.05) is 38.6 Å². The highest BCUT2D eigenvalue weighted by Gasteiger charge is 2.35. The average molecular weight is 332 g/mol. The fraction of sp³-hybridized carbons (Fsp3) is 0.571. The molecule has 1 aliphatic heterocycles. The number of urea groups is 1. The molecule has 0 radical (unpaired) electrons. The predicted octanol–water partition coefficient (Wildman–Crippen LogP) is 2.19. The molecule has 0 spiro atoms. The van der Waals surface area contributed by atoms with E-state index in [0.29, 0.717) is 11.6 Å². The number of aromatic nitrogens is 1. The molecule has 2 heterocycles. The van der Waals surface area contributed by atoms with Crippen molar-refractivity contribution in [1.82, 2.24) is 14.8 Å². The highest BCUT2D eigenvalue weighted by molar-refractivity contribution is 5.89. The Balaban J connectivity index is 1.89. The maximum atomic E-state index is 12.5. The molecule has 9 heteroatoms. The maximum absolute atomic E-state index is 12.5. The summed E-state index contributed by atoms with van der Waals surface area (Å²) in [6, 6.07) is 2.55. The lowest BCUT2D eigenvalue weighted by Crippen LogP contribution is -2.56. The van der Waals surface area contributed by atoms with Gasteiger partial charge in [-0.2, -0.15) is 13.2 Å². The number of alkyl halides is 3. The summed E-state index contributed by atoms with van der Waals surface area (Å²) in [5, 5.41) is 2.67. The van der Waals surface area contributed by atoms with Crippen molar-refractivity contribution in [1.29, 1.82) is 0 Å². The van der Waals surface area contributed by atoms with Crippen LogP contribution in [0.5, 0.6) is 5.88 Å². The number of ether oxygens (including phenoxy) is 1. The average Bonchev–Trinajstić information content (AvgIpc) is 2.48. The van der Waals surface area contributed by atoms with E-state index in [2.05, 4.69) is 10.3 Å². The van der Waals surface area contributed by atoms with E-state index in [-0.39, 0.29) is 31.7 Å². The molecule has 0 aromatic carbocycles. The molecular formula is C14H19F3N4O2. The molecule has 1 N–H and O–H groups in total. The van der Waals surface area contributed by atoms with E-state index in [1.165, 1.54) is 23.1 Å². The third-order valence-corrected chi connectivity index (χ3v) is 3.63. The summed E-state index contributed by atoms with van der Waals surface area (Å²) in [5.41, 5.74) is 0.501. The van der Waals surface area contributed by atoms with Crippen LogP contribution in [-0.2, 0) is 0 Å². The van der Waals surface area contributed by atoms with Gasteiger partial charge in [-0.1, -0.05) is 0 Å². The Labute approximate surface area is 132 Å².